The summed E-state index contributed by atoms with van der Waals surface area (Å²) in [5.74, 6) is 0. The number of rotatable bonds is 5. The molecular formula is C13H20N2O3S. The van der Waals surface area contributed by atoms with Crippen LogP contribution in [0.1, 0.15) is 19.3 Å². The highest BCUT2D eigenvalue weighted by atomic mass is 32.2. The number of ether oxygens (including phenoxy) is 1. The zero-order valence-electron chi connectivity index (χ0n) is 11.3. The van der Waals surface area contributed by atoms with Crippen LogP contribution in [0.15, 0.2) is 23.1 Å². The molecule has 0 radical (unpaired) electrons. The Hall–Kier alpha value is -1.27. The van der Waals surface area contributed by atoms with Gasteiger partial charge in [-0.05, 0) is 31.4 Å². The Morgan fingerprint density at radius 2 is 2.11 bits per heavy atom. The third-order valence-electron chi connectivity index (χ3n) is 3.76. The highest BCUT2D eigenvalue weighted by molar-refractivity contribution is 7.90. The highest BCUT2D eigenvalue weighted by Gasteiger charge is 2.36. The normalized spacial score (nSPS) is 17.8. The smallest absolute Gasteiger partial charge is 0.177 e. The number of nitrogens with one attached hydrogen (secondary N) is 1. The van der Waals surface area contributed by atoms with Crippen molar-refractivity contribution in [3.63, 3.8) is 0 Å². The molecule has 1 aromatic carbocycles. The van der Waals surface area contributed by atoms with E-state index < -0.39 is 9.84 Å². The summed E-state index contributed by atoms with van der Waals surface area (Å²) in [6.07, 6.45) is 4.35. The number of hydrogen-bond donors (Lipinski definition) is 2. The van der Waals surface area contributed by atoms with E-state index >= 15 is 0 Å². The molecule has 0 unspecified atom stereocenters. The Morgan fingerprint density at radius 1 is 1.42 bits per heavy atom. The molecule has 5 nitrogen and oxygen atoms in total. The van der Waals surface area contributed by atoms with Gasteiger partial charge >= 0.3 is 0 Å². The van der Waals surface area contributed by atoms with E-state index in [9.17, 15) is 8.42 Å². The number of nitrogen functional groups attached to an aromatic ring is 1. The van der Waals surface area contributed by atoms with Crippen LogP contribution < -0.4 is 11.1 Å². The van der Waals surface area contributed by atoms with E-state index in [0.717, 1.165) is 25.5 Å². The van der Waals surface area contributed by atoms with Crippen molar-refractivity contribution in [2.24, 2.45) is 0 Å². The standard InChI is InChI=1S/C13H20N2O3S/c1-18-13(7-4-8-13)9-15-10-5-3-6-11(12(10)14)19(2,16)17/h3,5-6,15H,4,7-9,14H2,1-2H3. The maximum Gasteiger partial charge on any atom is 0.177 e. The molecule has 0 spiro atoms. The molecule has 3 N–H and O–H groups in total. The first kappa shape index (κ1) is 14.1. The van der Waals surface area contributed by atoms with Crippen LogP contribution in [-0.2, 0) is 14.6 Å². The van der Waals surface area contributed by atoms with Crippen LogP contribution in [0.3, 0.4) is 0 Å². The minimum atomic E-state index is -3.30. The predicted molar refractivity (Wildman–Crippen MR) is 76.0 cm³/mol. The summed E-state index contributed by atoms with van der Waals surface area (Å²) < 4.78 is 28.7. The lowest BCUT2D eigenvalue weighted by molar-refractivity contribution is -0.0601. The molecule has 0 heterocycles. The second kappa shape index (κ2) is 5.02. The lowest BCUT2D eigenvalue weighted by atomic mass is 9.80. The van der Waals surface area contributed by atoms with E-state index in [2.05, 4.69) is 5.32 Å². The fourth-order valence-corrected chi connectivity index (χ4v) is 3.14. The molecule has 106 valence electrons. The van der Waals surface area contributed by atoms with Gasteiger partial charge in [-0.25, -0.2) is 8.42 Å². The van der Waals surface area contributed by atoms with Gasteiger partial charge in [0.2, 0.25) is 0 Å². The van der Waals surface area contributed by atoms with E-state index in [-0.39, 0.29) is 16.2 Å². The van der Waals surface area contributed by atoms with Crippen LogP contribution in [0.5, 0.6) is 0 Å². The summed E-state index contributed by atoms with van der Waals surface area (Å²) in [5, 5.41) is 3.20. The van der Waals surface area contributed by atoms with E-state index in [1.165, 1.54) is 6.07 Å². The van der Waals surface area contributed by atoms with Crippen molar-refractivity contribution < 1.29 is 13.2 Å². The average Bonchev–Trinajstić information content (AvgIpc) is 2.28. The number of hydrogen-bond acceptors (Lipinski definition) is 5. The minimum absolute atomic E-state index is 0.131. The van der Waals surface area contributed by atoms with Crippen molar-refractivity contribution in [3.8, 4) is 0 Å². The van der Waals surface area contributed by atoms with Crippen molar-refractivity contribution in [1.29, 1.82) is 0 Å². The van der Waals surface area contributed by atoms with Crippen LogP contribution >= 0.6 is 0 Å². The number of methoxy groups -OCH3 is 1. The molecule has 1 fully saturated rings. The van der Waals surface area contributed by atoms with Crippen LogP contribution in [0, 0.1) is 0 Å². The lowest BCUT2D eigenvalue weighted by Crippen LogP contribution is -2.45. The predicted octanol–water partition coefficient (Wildman–Crippen LogP) is 1.65. The van der Waals surface area contributed by atoms with Gasteiger partial charge < -0.3 is 15.8 Å². The summed E-state index contributed by atoms with van der Waals surface area (Å²) in [6.45, 7) is 0.640. The zero-order chi connectivity index (χ0) is 14.1. The molecule has 1 aliphatic rings. The molecular weight excluding hydrogens is 264 g/mol. The van der Waals surface area contributed by atoms with Crippen LogP contribution in [0.2, 0.25) is 0 Å². The number of sulfone groups is 1. The molecule has 0 amide bonds. The quantitative estimate of drug-likeness (QED) is 0.804. The number of benzene rings is 1. The maximum absolute atomic E-state index is 11.6. The molecule has 0 bridgehead atoms. The molecule has 0 saturated heterocycles. The van der Waals surface area contributed by atoms with Crippen LogP contribution in [0.25, 0.3) is 0 Å². The third-order valence-corrected chi connectivity index (χ3v) is 4.92. The van der Waals surface area contributed by atoms with Gasteiger partial charge in [0.1, 0.15) is 0 Å². The molecule has 0 aliphatic heterocycles. The second-order valence-electron chi connectivity index (χ2n) is 5.08. The summed E-state index contributed by atoms with van der Waals surface area (Å²) in [6, 6.07) is 4.99. The van der Waals surface area contributed by atoms with Gasteiger partial charge in [-0.2, -0.15) is 0 Å². The van der Waals surface area contributed by atoms with Crippen LogP contribution in [0.4, 0.5) is 11.4 Å². The largest absolute Gasteiger partial charge is 0.396 e. The molecule has 6 heteroatoms. The van der Waals surface area contributed by atoms with Crippen LogP contribution in [-0.4, -0.2) is 33.9 Å². The summed E-state index contributed by atoms with van der Waals surface area (Å²) >= 11 is 0. The van der Waals surface area contributed by atoms with Gasteiger partial charge in [-0.3, -0.25) is 0 Å². The fraction of sp³-hybridized carbons (Fsp3) is 0.538. The molecule has 2 rings (SSSR count). The van der Waals surface area contributed by atoms with Crippen molar-refractivity contribution in [2.45, 2.75) is 29.8 Å². The average molecular weight is 284 g/mol. The molecule has 1 aliphatic carbocycles. The molecule has 1 aromatic rings. The summed E-state index contributed by atoms with van der Waals surface area (Å²) in [7, 11) is -1.60. The van der Waals surface area contributed by atoms with Crippen molar-refractivity contribution in [1.82, 2.24) is 0 Å². The topological polar surface area (TPSA) is 81.4 Å². The first-order valence-electron chi connectivity index (χ1n) is 6.25. The number of nitrogens with two attached hydrogens (primary N) is 1. The van der Waals surface area contributed by atoms with E-state index in [1.807, 2.05) is 0 Å². The SMILES string of the molecule is COC1(CNc2cccc(S(C)(=O)=O)c2N)CCC1. The van der Waals surface area contributed by atoms with Gasteiger partial charge in [0.25, 0.3) is 0 Å². The second-order valence-corrected chi connectivity index (χ2v) is 7.07. The molecule has 0 aromatic heterocycles. The Morgan fingerprint density at radius 3 is 2.58 bits per heavy atom. The lowest BCUT2D eigenvalue weighted by Gasteiger charge is -2.40. The van der Waals surface area contributed by atoms with Crippen molar-refractivity contribution in [3.05, 3.63) is 18.2 Å². The maximum atomic E-state index is 11.6. The van der Waals surface area contributed by atoms with Crippen molar-refractivity contribution in [2.75, 3.05) is 31.0 Å². The van der Waals surface area contributed by atoms with E-state index in [4.69, 9.17) is 10.5 Å². The molecule has 0 atom stereocenters. The minimum Gasteiger partial charge on any atom is -0.396 e. The first-order chi connectivity index (χ1) is 8.88. The summed E-state index contributed by atoms with van der Waals surface area (Å²) in [4.78, 5) is 0.164. The Bertz CT molecular complexity index is 560. The number of para-hydroxylation sites is 1. The van der Waals surface area contributed by atoms with Gasteiger partial charge in [-0.15, -0.1) is 0 Å². The Labute approximate surface area is 114 Å². The van der Waals surface area contributed by atoms with Gasteiger partial charge in [-0.1, -0.05) is 6.07 Å². The van der Waals surface area contributed by atoms with E-state index in [0.29, 0.717) is 12.2 Å². The zero-order valence-corrected chi connectivity index (χ0v) is 12.1. The van der Waals surface area contributed by atoms with Gasteiger partial charge in [0.05, 0.1) is 21.9 Å². The Kier molecular flexibility index (Phi) is 3.73. The molecule has 1 saturated carbocycles. The van der Waals surface area contributed by atoms with Gasteiger partial charge in [0, 0.05) is 19.9 Å². The van der Waals surface area contributed by atoms with Crippen molar-refractivity contribution >= 4 is 21.2 Å². The summed E-state index contributed by atoms with van der Waals surface area (Å²) in [5.41, 5.74) is 6.70. The fourth-order valence-electron chi connectivity index (χ4n) is 2.30. The first-order valence-corrected chi connectivity index (χ1v) is 8.15. The van der Waals surface area contributed by atoms with E-state index in [1.54, 1.807) is 19.2 Å². The highest BCUT2D eigenvalue weighted by Crippen LogP contribution is 2.36. The monoisotopic (exact) mass is 284 g/mol. The van der Waals surface area contributed by atoms with Gasteiger partial charge in [0.15, 0.2) is 9.84 Å². The molecule has 19 heavy (non-hydrogen) atoms. The number of anilines is 2. The third kappa shape index (κ3) is 2.84. The Balaban J connectivity index is 2.18.